The van der Waals surface area contributed by atoms with Crippen LogP contribution in [0.5, 0.6) is 5.75 Å². The third-order valence-corrected chi connectivity index (χ3v) is 10.0. The largest absolute Gasteiger partial charge is 0.468 e. The van der Waals surface area contributed by atoms with Gasteiger partial charge in [-0.3, -0.25) is 9.32 Å². The molecular weight excluding hydrogens is 613 g/mol. The number of H-pyrrole nitrogens is 1. The number of para-hydroxylation sites is 2. The number of aromatic nitrogens is 1. The molecule has 10 heteroatoms. The molecule has 47 heavy (non-hydrogen) atoms. The number of nitrogens with two attached hydrogens (primary N) is 1. The zero-order valence-electron chi connectivity index (χ0n) is 27.7. The maximum atomic E-state index is 14.3. The number of aryl methyl sites for hydroxylation is 2. The SMILES string of the molecule is CCCCCCCCc1ccc(CCC(N)(CO)COP(=O)(NC(Cc2c[nH]c3ccccc23)C(=O)OC)Oc2ccccc2)cc1. The molecule has 0 saturated heterocycles. The number of aliphatic hydroxyl groups is 1. The summed E-state index contributed by atoms with van der Waals surface area (Å²) in [4.78, 5) is 16.2. The van der Waals surface area contributed by atoms with Gasteiger partial charge in [0.05, 0.1) is 25.9 Å². The second kappa shape index (κ2) is 18.2. The van der Waals surface area contributed by atoms with Gasteiger partial charge in [-0.2, -0.15) is 5.09 Å². The van der Waals surface area contributed by atoms with Gasteiger partial charge in [-0.25, -0.2) is 4.57 Å². The summed E-state index contributed by atoms with van der Waals surface area (Å²) in [6, 6.07) is 23.7. The van der Waals surface area contributed by atoms with E-state index in [1.807, 2.05) is 30.5 Å². The number of carbonyl (C=O) groups is 1. The van der Waals surface area contributed by atoms with Crippen LogP contribution in [0.15, 0.2) is 85.1 Å². The highest BCUT2D eigenvalue weighted by Gasteiger charge is 2.37. The first kappa shape index (κ1) is 36.4. The Morgan fingerprint density at radius 1 is 0.936 bits per heavy atom. The highest BCUT2D eigenvalue weighted by molar-refractivity contribution is 7.52. The molecule has 0 aliphatic carbocycles. The standard InChI is InChI=1S/C37H50N3O6P/c1-3-4-5-6-7-9-14-29-19-21-30(22-20-29)23-24-37(38,27-41)28-45-47(43,46-32-15-10-8-11-16-32)40-35(36(42)44-2)25-31-26-39-34-18-13-12-17-33(31)34/h8,10-13,15-22,26,35,39,41H,3-7,9,14,23-25,27-28,38H2,1-2H3,(H,40,43). The maximum Gasteiger partial charge on any atom is 0.459 e. The Morgan fingerprint density at radius 3 is 2.30 bits per heavy atom. The molecule has 3 unspecified atom stereocenters. The molecule has 0 aliphatic rings. The lowest BCUT2D eigenvalue weighted by Crippen LogP contribution is -2.49. The fourth-order valence-electron chi connectivity index (χ4n) is 5.53. The van der Waals surface area contributed by atoms with Crippen molar-refractivity contribution in [3.8, 4) is 5.75 Å². The Labute approximate surface area is 278 Å². The molecule has 4 aromatic rings. The average Bonchev–Trinajstić information content (AvgIpc) is 3.51. The second-order valence-electron chi connectivity index (χ2n) is 12.3. The van der Waals surface area contributed by atoms with E-state index in [1.165, 1.54) is 51.2 Å². The normalized spacial score (nSPS) is 14.7. The van der Waals surface area contributed by atoms with Gasteiger partial charge in [-0.15, -0.1) is 0 Å². The minimum atomic E-state index is -4.23. The van der Waals surface area contributed by atoms with Gasteiger partial charge in [-0.1, -0.05) is 99.7 Å². The first-order chi connectivity index (χ1) is 22.8. The molecule has 1 aromatic heterocycles. The van der Waals surface area contributed by atoms with Gasteiger partial charge in [0, 0.05) is 23.5 Å². The van der Waals surface area contributed by atoms with Crippen LogP contribution in [0.1, 0.15) is 68.6 Å². The number of hydrogen-bond acceptors (Lipinski definition) is 7. The van der Waals surface area contributed by atoms with E-state index in [4.69, 9.17) is 19.5 Å². The van der Waals surface area contributed by atoms with E-state index in [1.54, 1.807) is 30.3 Å². The molecule has 0 spiro atoms. The number of nitrogens with one attached hydrogen (secondary N) is 2. The summed E-state index contributed by atoms with van der Waals surface area (Å²) in [7, 11) is -2.96. The Kier molecular flexibility index (Phi) is 14.1. The molecule has 0 aliphatic heterocycles. The van der Waals surface area contributed by atoms with Gasteiger partial charge in [0.15, 0.2) is 0 Å². The molecule has 3 atom stereocenters. The number of esters is 1. The number of hydrogen-bond donors (Lipinski definition) is 4. The number of benzene rings is 3. The van der Waals surface area contributed by atoms with Gasteiger partial charge >= 0.3 is 13.7 Å². The van der Waals surface area contributed by atoms with Crippen LogP contribution < -0.4 is 15.3 Å². The van der Waals surface area contributed by atoms with E-state index in [-0.39, 0.29) is 18.8 Å². The van der Waals surface area contributed by atoms with Crippen molar-refractivity contribution in [2.75, 3.05) is 20.3 Å². The van der Waals surface area contributed by atoms with Crippen molar-refractivity contribution < 1.29 is 28.3 Å². The summed E-state index contributed by atoms with van der Waals surface area (Å²) in [5.41, 5.74) is 9.53. The van der Waals surface area contributed by atoms with Crippen molar-refractivity contribution in [3.63, 3.8) is 0 Å². The fourth-order valence-corrected chi connectivity index (χ4v) is 7.12. The van der Waals surface area contributed by atoms with Crippen molar-refractivity contribution in [1.82, 2.24) is 10.1 Å². The van der Waals surface area contributed by atoms with E-state index in [2.05, 4.69) is 41.3 Å². The lowest BCUT2D eigenvalue weighted by Gasteiger charge is -2.30. The van der Waals surface area contributed by atoms with Crippen molar-refractivity contribution in [2.45, 2.75) is 82.7 Å². The first-order valence-electron chi connectivity index (χ1n) is 16.6. The highest BCUT2D eigenvalue weighted by atomic mass is 31.2. The summed E-state index contributed by atoms with van der Waals surface area (Å²) in [5.74, 6) is -0.344. The molecule has 4 rings (SSSR count). The van der Waals surface area contributed by atoms with Gasteiger partial charge in [0.2, 0.25) is 0 Å². The third-order valence-electron chi connectivity index (χ3n) is 8.46. The Morgan fingerprint density at radius 2 is 1.60 bits per heavy atom. The number of aliphatic hydroxyl groups excluding tert-OH is 1. The van der Waals surface area contributed by atoms with Gasteiger partial charge in [0.25, 0.3) is 0 Å². The minimum absolute atomic E-state index is 0.158. The number of methoxy groups -OCH3 is 1. The quantitative estimate of drug-likeness (QED) is 0.0415. The summed E-state index contributed by atoms with van der Waals surface area (Å²) in [5, 5.41) is 14.1. The van der Waals surface area contributed by atoms with Crippen LogP contribution in [0.3, 0.4) is 0 Å². The molecule has 0 bridgehead atoms. The summed E-state index contributed by atoms with van der Waals surface area (Å²) < 4.78 is 31.2. The van der Waals surface area contributed by atoms with Crippen LogP contribution >= 0.6 is 7.75 Å². The number of aromatic amines is 1. The smallest absolute Gasteiger partial charge is 0.459 e. The molecule has 0 fully saturated rings. The van der Waals surface area contributed by atoms with Gasteiger partial charge in [0.1, 0.15) is 11.8 Å². The molecule has 1 heterocycles. The van der Waals surface area contributed by atoms with Crippen LogP contribution in [0.2, 0.25) is 0 Å². The molecule has 3 aromatic carbocycles. The maximum absolute atomic E-state index is 14.3. The van der Waals surface area contributed by atoms with Crippen LogP contribution in [0, 0.1) is 0 Å². The molecule has 0 amide bonds. The van der Waals surface area contributed by atoms with Gasteiger partial charge < -0.3 is 25.1 Å². The molecule has 0 radical (unpaired) electrons. The summed E-state index contributed by atoms with van der Waals surface area (Å²) in [6.45, 7) is 1.55. The van der Waals surface area contributed by atoms with E-state index in [0.29, 0.717) is 12.8 Å². The lowest BCUT2D eigenvalue weighted by atomic mass is 9.93. The third kappa shape index (κ3) is 11.3. The van der Waals surface area contributed by atoms with E-state index >= 15 is 0 Å². The number of ether oxygens (including phenoxy) is 1. The van der Waals surface area contributed by atoms with Crippen LogP contribution in [0.25, 0.3) is 10.9 Å². The Bertz CT molecular complexity index is 1560. The molecule has 254 valence electrons. The molecule has 9 nitrogen and oxygen atoms in total. The number of fused-ring (bicyclic) bond motifs is 1. The Balaban J connectivity index is 1.42. The monoisotopic (exact) mass is 663 g/mol. The predicted molar refractivity (Wildman–Crippen MR) is 187 cm³/mol. The van der Waals surface area contributed by atoms with Crippen LogP contribution in [-0.4, -0.2) is 48.0 Å². The van der Waals surface area contributed by atoms with E-state index in [9.17, 15) is 14.5 Å². The minimum Gasteiger partial charge on any atom is -0.468 e. The summed E-state index contributed by atoms with van der Waals surface area (Å²) >= 11 is 0. The van der Waals surface area contributed by atoms with Crippen molar-refractivity contribution in [3.05, 3.63) is 102 Å². The van der Waals surface area contributed by atoms with Crippen molar-refractivity contribution in [1.29, 1.82) is 0 Å². The topological polar surface area (TPSA) is 136 Å². The average molecular weight is 664 g/mol. The van der Waals surface area contributed by atoms with E-state index in [0.717, 1.165) is 28.5 Å². The predicted octanol–water partition coefficient (Wildman–Crippen LogP) is 7.27. The molecule has 0 saturated carbocycles. The molecule has 5 N–H and O–H groups in total. The molecular formula is C37H50N3O6P. The zero-order chi connectivity index (χ0) is 33.5. The van der Waals surface area contributed by atoms with E-state index < -0.39 is 31.9 Å². The zero-order valence-corrected chi connectivity index (χ0v) is 28.6. The fraction of sp³-hybridized carbons (Fsp3) is 0.432. The number of rotatable bonds is 21. The second-order valence-corrected chi connectivity index (χ2v) is 14.0. The highest BCUT2D eigenvalue weighted by Crippen LogP contribution is 2.46. The van der Waals surface area contributed by atoms with Gasteiger partial charge in [-0.05, 0) is 60.6 Å². The Hall–Kier alpha value is -3.46. The van der Waals surface area contributed by atoms with Crippen LogP contribution in [-0.2, 0) is 37.9 Å². The van der Waals surface area contributed by atoms with Crippen molar-refractivity contribution in [2.24, 2.45) is 5.73 Å². The lowest BCUT2D eigenvalue weighted by molar-refractivity contribution is -0.142. The van der Waals surface area contributed by atoms with Crippen LogP contribution in [0.4, 0.5) is 0 Å². The number of carbonyl (C=O) groups excluding carboxylic acids is 1. The van der Waals surface area contributed by atoms with Crippen molar-refractivity contribution >= 4 is 24.6 Å². The number of unbranched alkanes of at least 4 members (excludes halogenated alkanes) is 5. The first-order valence-corrected chi connectivity index (χ1v) is 18.2. The summed E-state index contributed by atoms with van der Waals surface area (Å²) in [6.07, 6.45) is 11.6.